The number of thiophene rings is 1. The van der Waals surface area contributed by atoms with Gasteiger partial charge in [-0.25, -0.2) is 0 Å². The Morgan fingerprint density at radius 1 is 0.917 bits per heavy atom. The SMILES string of the molecule is NCc1cc2c(Oc3ccc(-c4ccccc4)cc3)cncc2s1. The Morgan fingerprint density at radius 2 is 1.67 bits per heavy atom. The van der Waals surface area contributed by atoms with Crippen molar-refractivity contribution >= 4 is 21.4 Å². The van der Waals surface area contributed by atoms with E-state index in [-0.39, 0.29) is 0 Å². The third kappa shape index (κ3) is 2.89. The Balaban J connectivity index is 1.63. The van der Waals surface area contributed by atoms with Gasteiger partial charge in [-0.1, -0.05) is 42.5 Å². The average molecular weight is 332 g/mol. The van der Waals surface area contributed by atoms with Crippen molar-refractivity contribution in [2.75, 3.05) is 0 Å². The second-order valence-electron chi connectivity index (χ2n) is 5.46. The lowest BCUT2D eigenvalue weighted by molar-refractivity contribution is 0.486. The van der Waals surface area contributed by atoms with E-state index in [0.29, 0.717) is 6.54 Å². The molecule has 0 bridgehead atoms. The summed E-state index contributed by atoms with van der Waals surface area (Å²) >= 11 is 1.65. The Kier molecular flexibility index (Phi) is 3.99. The van der Waals surface area contributed by atoms with Crippen LogP contribution in [0.4, 0.5) is 0 Å². The zero-order valence-corrected chi connectivity index (χ0v) is 13.8. The fraction of sp³-hybridized carbons (Fsp3) is 0.0500. The molecule has 0 saturated carbocycles. The van der Waals surface area contributed by atoms with E-state index in [1.165, 1.54) is 11.1 Å². The van der Waals surface area contributed by atoms with Crippen LogP contribution in [0.1, 0.15) is 4.88 Å². The molecule has 2 aromatic carbocycles. The molecule has 0 aliphatic rings. The Labute approximate surface area is 144 Å². The number of nitrogens with two attached hydrogens (primary N) is 1. The van der Waals surface area contributed by atoms with Crippen LogP contribution in [0.5, 0.6) is 11.5 Å². The largest absolute Gasteiger partial charge is 0.455 e. The van der Waals surface area contributed by atoms with Crippen molar-refractivity contribution in [3.63, 3.8) is 0 Å². The molecule has 0 saturated heterocycles. The predicted molar refractivity (Wildman–Crippen MR) is 99.5 cm³/mol. The molecule has 0 aliphatic heterocycles. The number of hydrogen-bond donors (Lipinski definition) is 1. The first kappa shape index (κ1) is 14.9. The lowest BCUT2D eigenvalue weighted by Crippen LogP contribution is -1.91. The van der Waals surface area contributed by atoms with E-state index in [1.54, 1.807) is 17.5 Å². The minimum absolute atomic E-state index is 0.532. The Morgan fingerprint density at radius 3 is 2.42 bits per heavy atom. The quantitative estimate of drug-likeness (QED) is 0.558. The van der Waals surface area contributed by atoms with Crippen LogP contribution in [-0.4, -0.2) is 4.98 Å². The molecule has 3 nitrogen and oxygen atoms in total. The van der Waals surface area contributed by atoms with Gasteiger partial charge in [-0.15, -0.1) is 11.3 Å². The molecule has 4 heteroatoms. The third-order valence-corrected chi connectivity index (χ3v) is 4.94. The van der Waals surface area contributed by atoms with E-state index >= 15 is 0 Å². The Hall–Kier alpha value is -2.69. The van der Waals surface area contributed by atoms with Gasteiger partial charge in [0.1, 0.15) is 5.75 Å². The average Bonchev–Trinajstić information content (AvgIpc) is 3.08. The van der Waals surface area contributed by atoms with Gasteiger partial charge in [-0.3, -0.25) is 4.98 Å². The van der Waals surface area contributed by atoms with Gasteiger partial charge in [0.2, 0.25) is 0 Å². The van der Waals surface area contributed by atoms with E-state index < -0.39 is 0 Å². The number of rotatable bonds is 4. The number of fused-ring (bicyclic) bond motifs is 1. The van der Waals surface area contributed by atoms with Crippen LogP contribution in [0.3, 0.4) is 0 Å². The summed E-state index contributed by atoms with van der Waals surface area (Å²) in [5.74, 6) is 1.56. The first-order chi connectivity index (χ1) is 11.8. The lowest BCUT2D eigenvalue weighted by atomic mass is 10.1. The minimum atomic E-state index is 0.532. The maximum absolute atomic E-state index is 6.04. The molecule has 0 unspecified atom stereocenters. The molecule has 0 amide bonds. The highest BCUT2D eigenvalue weighted by atomic mass is 32.1. The summed E-state index contributed by atoms with van der Waals surface area (Å²) in [7, 11) is 0. The smallest absolute Gasteiger partial charge is 0.154 e. The molecule has 0 atom stereocenters. The first-order valence-electron chi connectivity index (χ1n) is 7.73. The third-order valence-electron chi connectivity index (χ3n) is 3.85. The highest BCUT2D eigenvalue weighted by Gasteiger charge is 2.08. The maximum atomic E-state index is 6.04. The molecule has 24 heavy (non-hydrogen) atoms. The molecular weight excluding hydrogens is 316 g/mol. The van der Waals surface area contributed by atoms with Gasteiger partial charge < -0.3 is 10.5 Å². The van der Waals surface area contributed by atoms with Crippen molar-refractivity contribution in [1.29, 1.82) is 0 Å². The Bertz CT molecular complexity index is 962. The summed E-state index contributed by atoms with van der Waals surface area (Å²) in [6.07, 6.45) is 3.60. The van der Waals surface area contributed by atoms with Gasteiger partial charge in [-0.05, 0) is 29.3 Å². The summed E-state index contributed by atoms with van der Waals surface area (Å²) in [4.78, 5) is 5.39. The molecule has 0 fully saturated rings. The van der Waals surface area contributed by atoms with E-state index in [2.05, 4.69) is 35.3 Å². The van der Waals surface area contributed by atoms with Crippen LogP contribution in [0.25, 0.3) is 21.2 Å². The van der Waals surface area contributed by atoms with Gasteiger partial charge in [0.15, 0.2) is 5.75 Å². The predicted octanol–water partition coefficient (Wildman–Crippen LogP) is 5.21. The molecule has 2 aromatic heterocycles. The molecule has 4 rings (SSSR count). The van der Waals surface area contributed by atoms with Gasteiger partial charge >= 0.3 is 0 Å². The number of nitrogens with zero attached hydrogens (tertiary/aromatic N) is 1. The summed E-state index contributed by atoms with van der Waals surface area (Å²) in [6, 6.07) is 20.5. The lowest BCUT2D eigenvalue weighted by Gasteiger charge is -2.08. The van der Waals surface area contributed by atoms with Crippen molar-refractivity contribution in [3.8, 4) is 22.6 Å². The molecule has 2 N–H and O–H groups in total. The highest BCUT2D eigenvalue weighted by molar-refractivity contribution is 7.19. The van der Waals surface area contributed by atoms with E-state index in [1.807, 2.05) is 36.5 Å². The number of benzene rings is 2. The summed E-state index contributed by atoms with van der Waals surface area (Å²) in [6.45, 7) is 0.532. The maximum Gasteiger partial charge on any atom is 0.154 e. The van der Waals surface area contributed by atoms with Gasteiger partial charge in [0.05, 0.1) is 10.9 Å². The fourth-order valence-electron chi connectivity index (χ4n) is 2.64. The van der Waals surface area contributed by atoms with Crippen LogP contribution in [-0.2, 0) is 6.54 Å². The van der Waals surface area contributed by atoms with E-state index in [9.17, 15) is 0 Å². The zero-order chi connectivity index (χ0) is 16.4. The van der Waals surface area contributed by atoms with E-state index in [0.717, 1.165) is 26.5 Å². The van der Waals surface area contributed by atoms with Gasteiger partial charge in [-0.2, -0.15) is 0 Å². The number of aromatic nitrogens is 1. The van der Waals surface area contributed by atoms with Crippen LogP contribution in [0.15, 0.2) is 73.1 Å². The minimum Gasteiger partial charge on any atom is -0.455 e. The zero-order valence-electron chi connectivity index (χ0n) is 13.0. The first-order valence-corrected chi connectivity index (χ1v) is 8.55. The second-order valence-corrected chi connectivity index (χ2v) is 6.63. The van der Waals surface area contributed by atoms with Crippen molar-refractivity contribution in [2.45, 2.75) is 6.54 Å². The molecule has 0 aliphatic carbocycles. The second kappa shape index (κ2) is 6.43. The molecule has 118 valence electrons. The van der Waals surface area contributed by atoms with Gasteiger partial charge in [0, 0.05) is 23.0 Å². The highest BCUT2D eigenvalue weighted by Crippen LogP contribution is 2.34. The van der Waals surface area contributed by atoms with E-state index in [4.69, 9.17) is 10.5 Å². The molecular formula is C20H16N2OS. The van der Waals surface area contributed by atoms with Gasteiger partial charge in [0.25, 0.3) is 0 Å². The van der Waals surface area contributed by atoms with Crippen LogP contribution >= 0.6 is 11.3 Å². The van der Waals surface area contributed by atoms with Crippen molar-refractivity contribution in [1.82, 2.24) is 4.98 Å². The molecule has 4 aromatic rings. The van der Waals surface area contributed by atoms with Crippen molar-refractivity contribution < 1.29 is 4.74 Å². The topological polar surface area (TPSA) is 48.1 Å². The van der Waals surface area contributed by atoms with Crippen LogP contribution in [0, 0.1) is 0 Å². The van der Waals surface area contributed by atoms with Crippen LogP contribution < -0.4 is 10.5 Å². The normalized spacial score (nSPS) is 10.9. The summed E-state index contributed by atoms with van der Waals surface area (Å²) in [5, 5.41) is 1.06. The summed E-state index contributed by atoms with van der Waals surface area (Å²) < 4.78 is 7.14. The molecule has 0 spiro atoms. The number of hydrogen-bond acceptors (Lipinski definition) is 4. The van der Waals surface area contributed by atoms with Crippen molar-refractivity contribution in [3.05, 3.63) is 77.9 Å². The molecule has 2 heterocycles. The number of ether oxygens (including phenoxy) is 1. The van der Waals surface area contributed by atoms with Crippen molar-refractivity contribution in [2.24, 2.45) is 5.73 Å². The molecule has 0 radical (unpaired) electrons. The fourth-order valence-corrected chi connectivity index (χ4v) is 3.57. The standard InChI is InChI=1S/C20H16N2OS/c21-11-17-10-18-19(12-22-13-20(18)24-17)23-16-8-6-15(7-9-16)14-4-2-1-3-5-14/h1-10,12-13H,11,21H2. The van der Waals surface area contributed by atoms with Crippen LogP contribution in [0.2, 0.25) is 0 Å². The number of pyridine rings is 1. The monoisotopic (exact) mass is 332 g/mol. The summed E-state index contributed by atoms with van der Waals surface area (Å²) in [5.41, 5.74) is 8.10.